The summed E-state index contributed by atoms with van der Waals surface area (Å²) in [6, 6.07) is 10.7. The van der Waals surface area contributed by atoms with E-state index < -0.39 is 0 Å². The van der Waals surface area contributed by atoms with Crippen LogP contribution in [0.4, 0.5) is 5.69 Å². The Hall–Kier alpha value is -1.09. The summed E-state index contributed by atoms with van der Waals surface area (Å²) in [5, 5.41) is 4.15. The van der Waals surface area contributed by atoms with Gasteiger partial charge in [-0.3, -0.25) is 0 Å². The van der Waals surface area contributed by atoms with Crippen LogP contribution in [0.5, 0.6) is 0 Å². The first kappa shape index (κ1) is 14.3. The summed E-state index contributed by atoms with van der Waals surface area (Å²) in [5.74, 6) is 0. The van der Waals surface area contributed by atoms with Gasteiger partial charge in [0.25, 0.3) is 0 Å². The van der Waals surface area contributed by atoms with Crippen molar-refractivity contribution in [1.82, 2.24) is 4.90 Å². The zero-order valence-corrected chi connectivity index (χ0v) is 13.0. The van der Waals surface area contributed by atoms with Gasteiger partial charge in [0.1, 0.15) is 0 Å². The molecule has 0 radical (unpaired) electrons. The molecule has 0 aromatic heterocycles. The maximum Gasteiger partial charge on any atom is 0.173 e. The Bertz CT molecular complexity index is 418. The predicted molar refractivity (Wildman–Crippen MR) is 86.5 cm³/mol. The van der Waals surface area contributed by atoms with Crippen LogP contribution in [0.3, 0.4) is 0 Å². The molecule has 1 aliphatic carbocycles. The van der Waals surface area contributed by atoms with Crippen LogP contribution in [0, 0.1) is 5.41 Å². The molecule has 104 valence electrons. The lowest BCUT2D eigenvalue weighted by Crippen LogP contribution is -2.42. The zero-order valence-electron chi connectivity index (χ0n) is 12.1. The fraction of sp³-hybridized carbons (Fsp3) is 0.562. The minimum atomic E-state index is 0.506. The van der Waals surface area contributed by atoms with E-state index in [9.17, 15) is 0 Å². The Morgan fingerprint density at radius 2 is 1.79 bits per heavy atom. The second-order valence-electron chi connectivity index (χ2n) is 6.30. The summed E-state index contributed by atoms with van der Waals surface area (Å²) >= 11 is 5.51. The standard InChI is InChI=1S/C16H24N2S/c1-16(2)11-9-14(10-12-16)18(3)15(19)17-13-7-5-4-6-8-13/h4-8,14H,9-12H2,1-3H3,(H,17,19). The average Bonchev–Trinajstić information content (AvgIpc) is 2.39. The zero-order chi connectivity index (χ0) is 13.9. The molecule has 19 heavy (non-hydrogen) atoms. The molecule has 3 heteroatoms. The minimum Gasteiger partial charge on any atom is -0.349 e. The number of anilines is 1. The number of nitrogens with one attached hydrogen (secondary N) is 1. The smallest absolute Gasteiger partial charge is 0.173 e. The molecule has 1 aromatic rings. The molecule has 0 aliphatic heterocycles. The molecule has 1 aromatic carbocycles. The van der Waals surface area contributed by atoms with Gasteiger partial charge in [0.05, 0.1) is 0 Å². The van der Waals surface area contributed by atoms with E-state index in [2.05, 4.69) is 31.1 Å². The van der Waals surface area contributed by atoms with E-state index in [-0.39, 0.29) is 0 Å². The van der Waals surface area contributed by atoms with Crippen molar-refractivity contribution in [3.8, 4) is 0 Å². The molecule has 0 atom stereocenters. The Kier molecular flexibility index (Phi) is 4.46. The molecule has 1 saturated carbocycles. The molecule has 2 rings (SSSR count). The van der Waals surface area contributed by atoms with Gasteiger partial charge in [0, 0.05) is 18.8 Å². The maximum absolute atomic E-state index is 5.51. The van der Waals surface area contributed by atoms with Crippen molar-refractivity contribution >= 4 is 23.0 Å². The van der Waals surface area contributed by atoms with Crippen LogP contribution in [-0.2, 0) is 0 Å². The first-order valence-electron chi connectivity index (χ1n) is 7.07. The predicted octanol–water partition coefficient (Wildman–Crippen LogP) is 4.28. The van der Waals surface area contributed by atoms with Crippen LogP contribution >= 0.6 is 12.2 Å². The quantitative estimate of drug-likeness (QED) is 0.811. The van der Waals surface area contributed by atoms with Gasteiger partial charge in [0.2, 0.25) is 0 Å². The molecular formula is C16H24N2S. The highest BCUT2D eigenvalue weighted by Gasteiger charge is 2.29. The third-order valence-electron chi connectivity index (χ3n) is 4.20. The number of para-hydroxylation sites is 1. The van der Waals surface area contributed by atoms with Gasteiger partial charge in [-0.05, 0) is 55.4 Å². The number of benzene rings is 1. The molecule has 0 unspecified atom stereocenters. The fourth-order valence-electron chi connectivity index (χ4n) is 2.67. The molecule has 0 bridgehead atoms. The van der Waals surface area contributed by atoms with Crippen molar-refractivity contribution in [2.24, 2.45) is 5.41 Å². The van der Waals surface area contributed by atoms with Crippen molar-refractivity contribution in [1.29, 1.82) is 0 Å². The molecule has 0 amide bonds. The number of hydrogen-bond donors (Lipinski definition) is 1. The van der Waals surface area contributed by atoms with E-state index in [4.69, 9.17) is 12.2 Å². The van der Waals surface area contributed by atoms with Gasteiger partial charge < -0.3 is 10.2 Å². The van der Waals surface area contributed by atoms with Crippen molar-refractivity contribution < 1.29 is 0 Å². The third-order valence-corrected chi connectivity index (χ3v) is 4.59. The molecule has 1 fully saturated rings. The number of nitrogens with zero attached hydrogens (tertiary/aromatic N) is 1. The second kappa shape index (κ2) is 5.91. The molecule has 1 aliphatic rings. The van der Waals surface area contributed by atoms with Crippen LogP contribution in [0.1, 0.15) is 39.5 Å². The lowest BCUT2D eigenvalue weighted by molar-refractivity contribution is 0.170. The Balaban J connectivity index is 1.89. The molecular weight excluding hydrogens is 252 g/mol. The summed E-state index contributed by atoms with van der Waals surface area (Å²) in [6.07, 6.45) is 5.05. The highest BCUT2D eigenvalue weighted by Crippen LogP contribution is 2.36. The Labute approximate surface area is 122 Å². The second-order valence-corrected chi connectivity index (χ2v) is 6.69. The summed E-state index contributed by atoms with van der Waals surface area (Å²) < 4.78 is 0. The first-order valence-corrected chi connectivity index (χ1v) is 7.48. The van der Waals surface area contributed by atoms with Gasteiger partial charge in [-0.2, -0.15) is 0 Å². The SMILES string of the molecule is CN(C(=S)Nc1ccccc1)C1CCC(C)(C)CC1. The average molecular weight is 276 g/mol. The summed E-state index contributed by atoms with van der Waals surface area (Å²) in [6.45, 7) is 4.73. The van der Waals surface area contributed by atoms with Crippen LogP contribution in [-0.4, -0.2) is 23.1 Å². The minimum absolute atomic E-state index is 0.506. The van der Waals surface area contributed by atoms with E-state index in [1.54, 1.807) is 0 Å². The highest BCUT2D eigenvalue weighted by atomic mass is 32.1. The van der Waals surface area contributed by atoms with E-state index in [0.717, 1.165) is 10.8 Å². The number of thiocarbonyl (C=S) groups is 1. The van der Waals surface area contributed by atoms with Crippen LogP contribution in [0.15, 0.2) is 30.3 Å². The van der Waals surface area contributed by atoms with Gasteiger partial charge in [-0.1, -0.05) is 32.0 Å². The van der Waals surface area contributed by atoms with E-state index >= 15 is 0 Å². The van der Waals surface area contributed by atoms with Gasteiger partial charge in [-0.25, -0.2) is 0 Å². The van der Waals surface area contributed by atoms with E-state index in [1.807, 2.05) is 30.3 Å². The largest absolute Gasteiger partial charge is 0.349 e. The van der Waals surface area contributed by atoms with Crippen molar-refractivity contribution in [3.63, 3.8) is 0 Å². The summed E-state index contributed by atoms with van der Waals surface area (Å²) in [7, 11) is 2.11. The topological polar surface area (TPSA) is 15.3 Å². The molecule has 2 nitrogen and oxygen atoms in total. The maximum atomic E-state index is 5.51. The van der Waals surface area contributed by atoms with Crippen molar-refractivity contribution in [2.75, 3.05) is 12.4 Å². The molecule has 0 saturated heterocycles. The Morgan fingerprint density at radius 1 is 1.21 bits per heavy atom. The fourth-order valence-corrected chi connectivity index (χ4v) is 2.94. The van der Waals surface area contributed by atoms with E-state index in [1.165, 1.54) is 25.7 Å². The van der Waals surface area contributed by atoms with Gasteiger partial charge >= 0.3 is 0 Å². The lowest BCUT2D eigenvalue weighted by Gasteiger charge is -2.39. The normalized spacial score (nSPS) is 18.9. The summed E-state index contributed by atoms with van der Waals surface area (Å²) in [5.41, 5.74) is 1.57. The number of hydrogen-bond acceptors (Lipinski definition) is 1. The van der Waals surface area contributed by atoms with Crippen LogP contribution < -0.4 is 5.32 Å². The van der Waals surface area contributed by atoms with E-state index in [0.29, 0.717) is 11.5 Å². The number of rotatable bonds is 2. The lowest BCUT2D eigenvalue weighted by atomic mass is 9.75. The summed E-state index contributed by atoms with van der Waals surface area (Å²) in [4.78, 5) is 2.23. The molecule has 0 heterocycles. The monoisotopic (exact) mass is 276 g/mol. The van der Waals surface area contributed by atoms with Gasteiger partial charge in [-0.15, -0.1) is 0 Å². The van der Waals surface area contributed by atoms with Crippen molar-refractivity contribution in [2.45, 2.75) is 45.6 Å². The third kappa shape index (κ3) is 3.93. The van der Waals surface area contributed by atoms with Crippen LogP contribution in [0.2, 0.25) is 0 Å². The first-order chi connectivity index (χ1) is 8.98. The van der Waals surface area contributed by atoms with Gasteiger partial charge in [0.15, 0.2) is 5.11 Å². The Morgan fingerprint density at radius 3 is 2.37 bits per heavy atom. The van der Waals surface area contributed by atoms with Crippen molar-refractivity contribution in [3.05, 3.63) is 30.3 Å². The molecule has 1 N–H and O–H groups in total. The van der Waals surface area contributed by atoms with Crippen LogP contribution in [0.25, 0.3) is 0 Å². The molecule has 0 spiro atoms. The highest BCUT2D eigenvalue weighted by molar-refractivity contribution is 7.80.